The molecule has 1 saturated heterocycles. The Morgan fingerprint density at radius 3 is 2.42 bits per heavy atom. The molecule has 174 valence electrons. The second kappa shape index (κ2) is 12.2. The van der Waals surface area contributed by atoms with Crippen molar-refractivity contribution >= 4 is 5.69 Å². The number of benzene rings is 2. The predicted octanol–water partition coefficient (Wildman–Crippen LogP) is 4.91. The summed E-state index contributed by atoms with van der Waals surface area (Å²) in [5.74, 6) is 1.64. The maximum atomic E-state index is 5.87. The summed E-state index contributed by atoms with van der Waals surface area (Å²) in [6.45, 7) is 8.86. The highest BCUT2D eigenvalue weighted by Crippen LogP contribution is 2.28. The maximum Gasteiger partial charge on any atom is 0.216 e. The minimum Gasteiger partial charge on any atom is -0.492 e. The third kappa shape index (κ3) is 6.68. The molecule has 0 radical (unpaired) electrons. The first-order chi connectivity index (χ1) is 16.3. The number of nitrogens with zero attached hydrogens (tertiary/aromatic N) is 4. The lowest BCUT2D eigenvalue weighted by Gasteiger charge is -2.36. The zero-order valence-corrected chi connectivity index (χ0v) is 19.5. The van der Waals surface area contributed by atoms with Gasteiger partial charge < -0.3 is 14.4 Å². The average Bonchev–Trinajstić information content (AvgIpc) is 2.88. The summed E-state index contributed by atoms with van der Waals surface area (Å²) >= 11 is 0. The molecular formula is C27H34N4O2. The van der Waals surface area contributed by atoms with E-state index in [-0.39, 0.29) is 0 Å². The molecule has 6 heteroatoms. The fraction of sp³-hybridized carbons (Fsp3) is 0.407. The molecule has 1 aromatic heterocycles. The Morgan fingerprint density at radius 1 is 0.818 bits per heavy atom. The van der Waals surface area contributed by atoms with Gasteiger partial charge in [-0.3, -0.25) is 4.90 Å². The molecule has 3 aromatic rings. The molecule has 1 fully saturated rings. The summed E-state index contributed by atoms with van der Waals surface area (Å²) in [5.41, 5.74) is 3.19. The number of para-hydroxylation sites is 2. The minimum absolute atomic E-state index is 0.646. The Bertz CT molecular complexity index is 975. The van der Waals surface area contributed by atoms with Crippen LogP contribution in [0.3, 0.4) is 0 Å². The van der Waals surface area contributed by atoms with Crippen LogP contribution < -0.4 is 14.4 Å². The largest absolute Gasteiger partial charge is 0.492 e. The standard InChI is InChI=1S/C27H34N4O2/c1-2-32-26-14-8-7-13-25(26)31-18-16-30(17-19-31)15-9-4-10-20-33-27-21-24(28-22-29-27)23-11-5-3-6-12-23/h3,5-8,11-14,21-22H,2,4,9-10,15-20H2,1H3. The SMILES string of the molecule is CCOc1ccccc1N1CCN(CCCCCOc2cc(-c3ccccc3)ncn2)CC1. The Morgan fingerprint density at radius 2 is 1.61 bits per heavy atom. The molecule has 1 aliphatic rings. The molecule has 0 N–H and O–H groups in total. The molecule has 0 atom stereocenters. The smallest absolute Gasteiger partial charge is 0.216 e. The van der Waals surface area contributed by atoms with Crippen LogP contribution in [-0.2, 0) is 0 Å². The van der Waals surface area contributed by atoms with Crippen molar-refractivity contribution in [3.8, 4) is 22.9 Å². The first-order valence-corrected chi connectivity index (χ1v) is 12.0. The molecular weight excluding hydrogens is 412 g/mol. The molecule has 6 nitrogen and oxygen atoms in total. The molecule has 4 rings (SSSR count). The van der Waals surface area contributed by atoms with E-state index in [9.17, 15) is 0 Å². The summed E-state index contributed by atoms with van der Waals surface area (Å²) in [6.07, 6.45) is 4.96. The zero-order valence-electron chi connectivity index (χ0n) is 19.5. The van der Waals surface area contributed by atoms with E-state index in [0.717, 1.165) is 62.6 Å². The molecule has 2 heterocycles. The average molecular weight is 447 g/mol. The zero-order chi connectivity index (χ0) is 22.7. The van der Waals surface area contributed by atoms with Crippen molar-refractivity contribution in [2.24, 2.45) is 0 Å². The molecule has 33 heavy (non-hydrogen) atoms. The van der Waals surface area contributed by atoms with E-state index in [1.165, 1.54) is 12.1 Å². The van der Waals surface area contributed by atoms with Crippen LogP contribution in [0.2, 0.25) is 0 Å². The van der Waals surface area contributed by atoms with Gasteiger partial charge in [0.25, 0.3) is 0 Å². The molecule has 0 saturated carbocycles. The highest BCUT2D eigenvalue weighted by molar-refractivity contribution is 5.59. The Kier molecular flexibility index (Phi) is 8.53. The van der Waals surface area contributed by atoms with E-state index in [2.05, 4.69) is 38.0 Å². The highest BCUT2D eigenvalue weighted by Gasteiger charge is 2.19. The summed E-state index contributed by atoms with van der Waals surface area (Å²) in [6, 6.07) is 20.4. The Balaban J connectivity index is 1.12. The number of unbranched alkanes of at least 4 members (excludes halogenated alkanes) is 2. The van der Waals surface area contributed by atoms with Gasteiger partial charge in [0, 0.05) is 37.8 Å². The number of anilines is 1. The van der Waals surface area contributed by atoms with Crippen molar-refractivity contribution in [3.63, 3.8) is 0 Å². The summed E-state index contributed by atoms with van der Waals surface area (Å²) in [7, 11) is 0. The summed E-state index contributed by atoms with van der Waals surface area (Å²) in [4.78, 5) is 13.6. The van der Waals surface area contributed by atoms with Crippen LogP contribution in [-0.4, -0.2) is 60.8 Å². The molecule has 0 amide bonds. The molecule has 1 aliphatic heterocycles. The van der Waals surface area contributed by atoms with Gasteiger partial charge in [0.1, 0.15) is 12.1 Å². The Labute approximate surface area is 197 Å². The number of rotatable bonds is 11. The number of aromatic nitrogens is 2. The normalized spacial score (nSPS) is 14.3. The van der Waals surface area contributed by atoms with Gasteiger partial charge in [0.2, 0.25) is 5.88 Å². The molecule has 0 aliphatic carbocycles. The lowest BCUT2D eigenvalue weighted by molar-refractivity contribution is 0.244. The van der Waals surface area contributed by atoms with Crippen LogP contribution in [0.15, 0.2) is 67.0 Å². The van der Waals surface area contributed by atoms with Crippen LogP contribution in [0.4, 0.5) is 5.69 Å². The van der Waals surface area contributed by atoms with Crippen LogP contribution in [0.1, 0.15) is 26.2 Å². The van der Waals surface area contributed by atoms with Gasteiger partial charge in [-0.1, -0.05) is 42.5 Å². The summed E-state index contributed by atoms with van der Waals surface area (Å²) < 4.78 is 11.7. The second-order valence-electron chi connectivity index (χ2n) is 8.25. The van der Waals surface area contributed by atoms with Gasteiger partial charge in [-0.25, -0.2) is 9.97 Å². The van der Waals surface area contributed by atoms with Crippen LogP contribution in [0.5, 0.6) is 11.6 Å². The summed E-state index contributed by atoms with van der Waals surface area (Å²) in [5, 5.41) is 0. The Hall–Kier alpha value is -3.12. The number of hydrogen-bond donors (Lipinski definition) is 0. The predicted molar refractivity (Wildman–Crippen MR) is 133 cm³/mol. The number of piperazine rings is 1. The van der Waals surface area contributed by atoms with Crippen molar-refractivity contribution < 1.29 is 9.47 Å². The van der Waals surface area contributed by atoms with Crippen LogP contribution in [0.25, 0.3) is 11.3 Å². The first kappa shape index (κ1) is 23.1. The van der Waals surface area contributed by atoms with Gasteiger partial charge in [0.15, 0.2) is 0 Å². The first-order valence-electron chi connectivity index (χ1n) is 12.0. The van der Waals surface area contributed by atoms with E-state index >= 15 is 0 Å². The van der Waals surface area contributed by atoms with E-state index < -0.39 is 0 Å². The number of ether oxygens (including phenoxy) is 2. The topological polar surface area (TPSA) is 50.7 Å². The van der Waals surface area contributed by atoms with Gasteiger partial charge >= 0.3 is 0 Å². The quantitative estimate of drug-likeness (QED) is 0.390. The van der Waals surface area contributed by atoms with Crippen molar-refractivity contribution in [1.29, 1.82) is 0 Å². The van der Waals surface area contributed by atoms with E-state index in [1.807, 2.05) is 49.4 Å². The fourth-order valence-corrected chi connectivity index (χ4v) is 4.18. The lowest BCUT2D eigenvalue weighted by atomic mass is 10.1. The molecule has 0 bridgehead atoms. The van der Waals surface area contributed by atoms with E-state index in [1.54, 1.807) is 6.33 Å². The third-order valence-corrected chi connectivity index (χ3v) is 5.96. The van der Waals surface area contributed by atoms with Crippen molar-refractivity contribution in [1.82, 2.24) is 14.9 Å². The molecule has 0 unspecified atom stereocenters. The third-order valence-electron chi connectivity index (χ3n) is 5.96. The molecule has 0 spiro atoms. The van der Waals surface area contributed by atoms with Crippen molar-refractivity contribution in [2.45, 2.75) is 26.2 Å². The van der Waals surface area contributed by atoms with Gasteiger partial charge in [0.05, 0.1) is 24.6 Å². The van der Waals surface area contributed by atoms with Crippen LogP contribution in [0, 0.1) is 0 Å². The van der Waals surface area contributed by atoms with Gasteiger partial charge in [-0.2, -0.15) is 0 Å². The van der Waals surface area contributed by atoms with Crippen molar-refractivity contribution in [2.75, 3.05) is 50.8 Å². The lowest BCUT2D eigenvalue weighted by Crippen LogP contribution is -2.46. The minimum atomic E-state index is 0.646. The fourth-order valence-electron chi connectivity index (χ4n) is 4.18. The second-order valence-corrected chi connectivity index (χ2v) is 8.25. The van der Waals surface area contributed by atoms with Gasteiger partial charge in [-0.15, -0.1) is 0 Å². The molecule has 2 aromatic carbocycles. The van der Waals surface area contributed by atoms with E-state index in [0.29, 0.717) is 19.1 Å². The maximum absolute atomic E-state index is 5.87. The highest BCUT2D eigenvalue weighted by atomic mass is 16.5. The van der Waals surface area contributed by atoms with E-state index in [4.69, 9.17) is 9.47 Å². The monoisotopic (exact) mass is 446 g/mol. The van der Waals surface area contributed by atoms with Gasteiger partial charge in [-0.05, 0) is 44.9 Å². The van der Waals surface area contributed by atoms with Crippen molar-refractivity contribution in [3.05, 3.63) is 67.0 Å². The van der Waals surface area contributed by atoms with Crippen LogP contribution >= 0.6 is 0 Å². The number of hydrogen-bond acceptors (Lipinski definition) is 6.